The number of sulfonamides is 1. The van der Waals surface area contributed by atoms with Gasteiger partial charge < -0.3 is 9.64 Å². The Morgan fingerprint density at radius 1 is 1.19 bits per heavy atom. The maximum absolute atomic E-state index is 13.3. The molecule has 0 saturated carbocycles. The molecule has 0 N–H and O–H groups in total. The van der Waals surface area contributed by atoms with E-state index in [2.05, 4.69) is 4.98 Å². The summed E-state index contributed by atoms with van der Waals surface area (Å²) in [5, 5.41) is 0. The van der Waals surface area contributed by atoms with Crippen LogP contribution >= 0.6 is 0 Å². The van der Waals surface area contributed by atoms with E-state index in [4.69, 9.17) is 4.74 Å². The van der Waals surface area contributed by atoms with Crippen LogP contribution in [-0.2, 0) is 21.4 Å². The number of carbonyl (C=O) groups is 1. The number of aromatic nitrogens is 1. The first-order valence-electron chi connectivity index (χ1n) is 8.37. The minimum atomic E-state index is -3.52. The number of rotatable bonds is 3. The first-order valence-corrected chi connectivity index (χ1v) is 10.2. The molecular formula is C18H19N3O4S. The SMILES string of the molecule is CS(=O)(=O)N1C[C@@H]2C[C@H]1C(=O)N(Cc1ccccn1)c1ccccc1O2. The Hall–Kier alpha value is -2.45. The first kappa shape index (κ1) is 17.0. The summed E-state index contributed by atoms with van der Waals surface area (Å²) in [4.78, 5) is 19.2. The van der Waals surface area contributed by atoms with Crippen LogP contribution in [0.3, 0.4) is 0 Å². The summed E-state index contributed by atoms with van der Waals surface area (Å²) in [6.45, 7) is 0.430. The van der Waals surface area contributed by atoms with E-state index in [0.717, 1.165) is 11.9 Å². The van der Waals surface area contributed by atoms with Crippen molar-refractivity contribution in [2.45, 2.75) is 25.1 Å². The van der Waals surface area contributed by atoms with E-state index in [1.54, 1.807) is 17.2 Å². The molecule has 0 spiro atoms. The average Bonchev–Trinajstić information content (AvgIpc) is 3.05. The lowest BCUT2D eigenvalue weighted by molar-refractivity contribution is -0.122. The fraction of sp³-hybridized carbons (Fsp3) is 0.333. The van der Waals surface area contributed by atoms with Crippen molar-refractivity contribution in [1.82, 2.24) is 9.29 Å². The number of nitrogens with zero attached hydrogens (tertiary/aromatic N) is 3. The van der Waals surface area contributed by atoms with Crippen molar-refractivity contribution in [1.29, 1.82) is 0 Å². The average molecular weight is 373 g/mol. The molecule has 2 aliphatic rings. The highest BCUT2D eigenvalue weighted by molar-refractivity contribution is 7.88. The summed E-state index contributed by atoms with van der Waals surface area (Å²) in [6.07, 6.45) is 2.81. The van der Waals surface area contributed by atoms with E-state index >= 15 is 0 Å². The van der Waals surface area contributed by atoms with Gasteiger partial charge in [-0.3, -0.25) is 9.78 Å². The van der Waals surface area contributed by atoms with Crippen LogP contribution in [0.4, 0.5) is 5.69 Å². The third kappa shape index (κ3) is 3.06. The Labute approximate surface area is 152 Å². The smallest absolute Gasteiger partial charge is 0.246 e. The summed E-state index contributed by atoms with van der Waals surface area (Å²) < 4.78 is 31.6. The Morgan fingerprint density at radius 3 is 2.69 bits per heavy atom. The topological polar surface area (TPSA) is 79.8 Å². The number of anilines is 1. The third-order valence-electron chi connectivity index (χ3n) is 4.69. The second kappa shape index (κ2) is 6.37. The van der Waals surface area contributed by atoms with Crippen LogP contribution in [0.2, 0.25) is 0 Å². The standard InChI is InChI=1S/C18H19N3O4S/c1-26(23,24)21-12-14-10-16(21)18(22)20(11-13-6-4-5-9-19-13)15-7-2-3-8-17(15)25-14/h2-9,14,16H,10-12H2,1H3/t14-,16-/m0/s1. The Bertz CT molecular complexity index is 932. The second-order valence-corrected chi connectivity index (χ2v) is 8.47. The van der Waals surface area contributed by atoms with Gasteiger partial charge in [0.25, 0.3) is 0 Å². The lowest BCUT2D eigenvalue weighted by atomic mass is 10.1. The number of carbonyl (C=O) groups excluding carboxylic acids is 1. The highest BCUT2D eigenvalue weighted by Gasteiger charge is 2.46. The van der Waals surface area contributed by atoms with E-state index in [9.17, 15) is 13.2 Å². The summed E-state index contributed by atoms with van der Waals surface area (Å²) >= 11 is 0. The van der Waals surface area contributed by atoms with Crippen molar-refractivity contribution in [2.75, 3.05) is 17.7 Å². The van der Waals surface area contributed by atoms with Crippen molar-refractivity contribution < 1.29 is 17.9 Å². The summed E-state index contributed by atoms with van der Waals surface area (Å²) in [5.74, 6) is 0.329. The van der Waals surface area contributed by atoms with E-state index in [1.807, 2.05) is 36.4 Å². The van der Waals surface area contributed by atoms with Crippen LogP contribution in [0, 0.1) is 0 Å². The zero-order valence-electron chi connectivity index (χ0n) is 14.3. The first-order chi connectivity index (χ1) is 12.4. The van der Waals surface area contributed by atoms with E-state index in [-0.39, 0.29) is 25.1 Å². The normalized spacial score (nSPS) is 23.1. The van der Waals surface area contributed by atoms with Crippen LogP contribution < -0.4 is 9.64 Å². The molecule has 8 heteroatoms. The van der Waals surface area contributed by atoms with Crippen molar-refractivity contribution in [3.8, 4) is 5.75 Å². The molecule has 0 unspecified atom stereocenters. The molecule has 1 fully saturated rings. The number of para-hydroxylation sites is 2. The minimum Gasteiger partial charge on any atom is -0.487 e. The Kier molecular flexibility index (Phi) is 4.16. The van der Waals surface area contributed by atoms with Crippen molar-refractivity contribution in [3.63, 3.8) is 0 Å². The summed E-state index contributed by atoms with van der Waals surface area (Å²) in [6, 6.07) is 12.0. The van der Waals surface area contributed by atoms with Crippen LogP contribution in [0.15, 0.2) is 48.7 Å². The maximum atomic E-state index is 13.3. The van der Waals surface area contributed by atoms with Gasteiger partial charge in [0, 0.05) is 12.6 Å². The second-order valence-electron chi connectivity index (χ2n) is 6.54. The molecule has 136 valence electrons. The molecule has 2 aromatic rings. The maximum Gasteiger partial charge on any atom is 0.246 e. The van der Waals surface area contributed by atoms with E-state index in [0.29, 0.717) is 17.9 Å². The molecule has 0 radical (unpaired) electrons. The molecule has 3 heterocycles. The fourth-order valence-corrected chi connectivity index (χ4v) is 4.60. The predicted molar refractivity (Wildman–Crippen MR) is 96.2 cm³/mol. The molecule has 1 aromatic heterocycles. The Balaban J connectivity index is 1.79. The molecule has 1 amide bonds. The molecule has 2 atom stereocenters. The molecule has 1 aromatic carbocycles. The highest BCUT2D eigenvalue weighted by Crippen LogP contribution is 2.37. The van der Waals surface area contributed by atoms with Gasteiger partial charge >= 0.3 is 0 Å². The number of amides is 1. The molecule has 7 nitrogen and oxygen atoms in total. The van der Waals surface area contributed by atoms with Gasteiger partial charge in [0.2, 0.25) is 15.9 Å². The van der Waals surface area contributed by atoms with Gasteiger partial charge in [0.1, 0.15) is 17.9 Å². The van der Waals surface area contributed by atoms with Gasteiger partial charge in [-0.05, 0) is 24.3 Å². The molecular weight excluding hydrogens is 354 g/mol. The number of benzene rings is 1. The molecule has 2 bridgehead atoms. The van der Waals surface area contributed by atoms with Gasteiger partial charge in [-0.25, -0.2) is 8.42 Å². The number of fused-ring (bicyclic) bond motifs is 3. The van der Waals surface area contributed by atoms with E-state index < -0.39 is 16.1 Å². The Morgan fingerprint density at radius 2 is 1.96 bits per heavy atom. The molecule has 26 heavy (non-hydrogen) atoms. The van der Waals surface area contributed by atoms with Gasteiger partial charge in [-0.2, -0.15) is 4.31 Å². The van der Waals surface area contributed by atoms with Crippen LogP contribution in [0.1, 0.15) is 12.1 Å². The quantitative estimate of drug-likeness (QED) is 0.813. The molecule has 2 aliphatic heterocycles. The summed E-state index contributed by atoms with van der Waals surface area (Å²) in [7, 11) is -3.52. The van der Waals surface area contributed by atoms with Gasteiger partial charge in [0.05, 0.1) is 30.7 Å². The highest BCUT2D eigenvalue weighted by atomic mass is 32.2. The van der Waals surface area contributed by atoms with Crippen LogP contribution in [-0.4, -0.2) is 48.6 Å². The molecule has 0 aliphatic carbocycles. The number of pyridine rings is 1. The third-order valence-corrected chi connectivity index (χ3v) is 5.95. The van der Waals surface area contributed by atoms with Crippen LogP contribution in [0.25, 0.3) is 0 Å². The number of hydrogen-bond donors (Lipinski definition) is 0. The predicted octanol–water partition coefficient (Wildman–Crippen LogP) is 1.41. The van der Waals surface area contributed by atoms with Gasteiger partial charge in [-0.15, -0.1) is 0 Å². The van der Waals surface area contributed by atoms with Crippen molar-refractivity contribution in [3.05, 3.63) is 54.4 Å². The zero-order valence-corrected chi connectivity index (χ0v) is 15.1. The minimum absolute atomic E-state index is 0.182. The lowest BCUT2D eigenvalue weighted by Gasteiger charge is -2.31. The lowest BCUT2D eigenvalue weighted by Crippen LogP contribution is -2.47. The van der Waals surface area contributed by atoms with Crippen molar-refractivity contribution in [2.24, 2.45) is 0 Å². The van der Waals surface area contributed by atoms with Crippen LogP contribution in [0.5, 0.6) is 5.75 Å². The molecule has 1 saturated heterocycles. The zero-order chi connectivity index (χ0) is 18.3. The van der Waals surface area contributed by atoms with E-state index in [1.165, 1.54) is 4.31 Å². The number of hydrogen-bond acceptors (Lipinski definition) is 5. The molecule has 4 rings (SSSR count). The van der Waals surface area contributed by atoms with Gasteiger partial charge in [-0.1, -0.05) is 18.2 Å². The fourth-order valence-electron chi connectivity index (χ4n) is 3.52. The monoisotopic (exact) mass is 373 g/mol. The van der Waals surface area contributed by atoms with Crippen molar-refractivity contribution >= 4 is 21.6 Å². The van der Waals surface area contributed by atoms with Gasteiger partial charge in [0.15, 0.2) is 0 Å². The number of ether oxygens (including phenoxy) is 1. The summed E-state index contributed by atoms with van der Waals surface area (Å²) in [5.41, 5.74) is 1.35. The largest absolute Gasteiger partial charge is 0.487 e.